The van der Waals surface area contributed by atoms with Crippen LogP contribution in [0.15, 0.2) is 0 Å². The van der Waals surface area contributed by atoms with Crippen LogP contribution in [0.2, 0.25) is 6.55 Å². The second-order valence-corrected chi connectivity index (χ2v) is 6.04. The van der Waals surface area contributed by atoms with Crippen molar-refractivity contribution in [1.29, 1.82) is 0 Å². The molecule has 1 unspecified atom stereocenters. The molecule has 0 aliphatic heterocycles. The lowest BCUT2D eigenvalue weighted by atomic mass is 10.6. The minimum atomic E-state index is -3.70. The van der Waals surface area contributed by atoms with Gasteiger partial charge in [-0.15, -0.1) is 0 Å². The van der Waals surface area contributed by atoms with Crippen molar-refractivity contribution in [2.24, 2.45) is 0 Å². The predicted molar refractivity (Wildman–Crippen MR) is 40.0 cm³/mol. The van der Waals surface area contributed by atoms with Gasteiger partial charge in [0, 0.05) is 9.52 Å². The van der Waals surface area contributed by atoms with Gasteiger partial charge < -0.3 is 0 Å². The Hall–Kier alpha value is 0.127. The van der Waals surface area contributed by atoms with Crippen LogP contribution in [-0.4, -0.2) is 27.4 Å². The molecule has 1 N–H and O–H groups in total. The van der Waals surface area contributed by atoms with Gasteiger partial charge in [-0.25, -0.2) is 0 Å². The van der Waals surface area contributed by atoms with Gasteiger partial charge in [-0.05, 0) is 6.42 Å². The molecule has 0 fully saturated rings. The molecule has 0 aliphatic carbocycles. The third-order valence-corrected chi connectivity index (χ3v) is 6.26. The van der Waals surface area contributed by atoms with Crippen molar-refractivity contribution in [2.75, 3.05) is 0 Å². The Morgan fingerprint density at radius 1 is 1.67 bits per heavy atom. The molecule has 0 rings (SSSR count). The average Bonchev–Trinajstić information content (AvgIpc) is 1.65. The minimum absolute atomic E-state index is 0.433. The quantitative estimate of drug-likeness (QED) is 0.470. The SMILES string of the molecule is CCC([SiH2]C)S(=O)(=O)O. The highest BCUT2D eigenvalue weighted by atomic mass is 32.2. The van der Waals surface area contributed by atoms with E-state index in [1.54, 1.807) is 6.92 Å². The molecule has 0 aliphatic rings. The van der Waals surface area contributed by atoms with E-state index in [9.17, 15) is 8.42 Å². The largest absolute Gasteiger partial charge is 0.286 e. The van der Waals surface area contributed by atoms with Crippen molar-refractivity contribution in [2.45, 2.75) is 24.8 Å². The molecule has 0 saturated carbocycles. The predicted octanol–water partition coefficient (Wildman–Crippen LogP) is -0.173. The molecule has 0 saturated heterocycles. The fraction of sp³-hybridized carbons (Fsp3) is 1.00. The second kappa shape index (κ2) is 3.33. The van der Waals surface area contributed by atoms with Gasteiger partial charge in [0.05, 0.1) is 4.87 Å². The van der Waals surface area contributed by atoms with Gasteiger partial charge in [-0.3, -0.25) is 4.55 Å². The molecule has 0 aromatic heterocycles. The standard InChI is InChI=1S/C4H12O3SSi/c1-3-4(9-2)8(5,6)7/h4H,3,9H2,1-2H3,(H,5,6,7). The Bertz CT molecular complexity index is 159. The first-order valence-corrected chi connectivity index (χ1v) is 6.72. The molecule has 0 aromatic carbocycles. The highest BCUT2D eigenvalue weighted by Gasteiger charge is 2.17. The number of hydrogen-bond acceptors (Lipinski definition) is 2. The summed E-state index contributed by atoms with van der Waals surface area (Å²) in [7, 11) is -4.32. The van der Waals surface area contributed by atoms with Gasteiger partial charge in [0.25, 0.3) is 10.1 Å². The molecule has 0 aromatic rings. The van der Waals surface area contributed by atoms with E-state index in [2.05, 4.69) is 0 Å². The van der Waals surface area contributed by atoms with Crippen LogP contribution in [0.25, 0.3) is 0 Å². The monoisotopic (exact) mass is 168 g/mol. The van der Waals surface area contributed by atoms with Crippen LogP contribution in [0.5, 0.6) is 0 Å². The zero-order valence-corrected chi connectivity index (χ0v) is 7.89. The number of rotatable bonds is 3. The van der Waals surface area contributed by atoms with E-state index < -0.39 is 24.5 Å². The molecule has 1 atom stereocenters. The summed E-state index contributed by atoms with van der Waals surface area (Å²) in [5.74, 6) is 0. The Kier molecular flexibility index (Phi) is 3.38. The summed E-state index contributed by atoms with van der Waals surface area (Å²) < 4.78 is 29.3. The van der Waals surface area contributed by atoms with E-state index in [0.29, 0.717) is 6.42 Å². The average molecular weight is 168 g/mol. The van der Waals surface area contributed by atoms with Crippen molar-refractivity contribution in [3.05, 3.63) is 0 Å². The van der Waals surface area contributed by atoms with Crippen molar-refractivity contribution >= 4 is 19.6 Å². The van der Waals surface area contributed by atoms with Crippen molar-refractivity contribution in [1.82, 2.24) is 0 Å². The van der Waals surface area contributed by atoms with Crippen LogP contribution in [0, 0.1) is 0 Å². The number of hydrogen-bond donors (Lipinski definition) is 1. The maximum absolute atomic E-state index is 10.4. The van der Waals surface area contributed by atoms with Crippen LogP contribution in [0.3, 0.4) is 0 Å². The highest BCUT2D eigenvalue weighted by Crippen LogP contribution is 2.00. The molecule has 9 heavy (non-hydrogen) atoms. The van der Waals surface area contributed by atoms with Crippen molar-refractivity contribution in [3.8, 4) is 0 Å². The first kappa shape index (κ1) is 9.13. The summed E-state index contributed by atoms with van der Waals surface area (Å²) in [6.45, 7) is 3.65. The third-order valence-electron chi connectivity index (χ3n) is 1.33. The van der Waals surface area contributed by atoms with Crippen molar-refractivity contribution in [3.63, 3.8) is 0 Å². The Morgan fingerprint density at radius 2 is 2.11 bits per heavy atom. The van der Waals surface area contributed by atoms with Gasteiger partial charge in [-0.1, -0.05) is 13.5 Å². The maximum atomic E-state index is 10.4. The fourth-order valence-electron chi connectivity index (χ4n) is 0.710. The van der Waals surface area contributed by atoms with Crippen LogP contribution in [0.1, 0.15) is 13.3 Å². The minimum Gasteiger partial charge on any atom is -0.286 e. The van der Waals surface area contributed by atoms with E-state index in [1.807, 2.05) is 6.55 Å². The van der Waals surface area contributed by atoms with Gasteiger partial charge >= 0.3 is 0 Å². The van der Waals surface area contributed by atoms with Crippen LogP contribution in [0.4, 0.5) is 0 Å². The fourth-order valence-corrected chi connectivity index (χ4v) is 3.39. The van der Waals surface area contributed by atoms with Crippen molar-refractivity contribution < 1.29 is 13.0 Å². The Morgan fingerprint density at radius 3 is 2.11 bits per heavy atom. The van der Waals surface area contributed by atoms with E-state index in [4.69, 9.17) is 4.55 Å². The summed E-state index contributed by atoms with van der Waals surface area (Å²) in [6, 6.07) is 0. The molecule has 0 amide bonds. The molecule has 5 heteroatoms. The normalized spacial score (nSPS) is 16.8. The van der Waals surface area contributed by atoms with E-state index in [-0.39, 0.29) is 0 Å². The summed E-state index contributed by atoms with van der Waals surface area (Å²) in [5.41, 5.74) is 0. The lowest BCUT2D eigenvalue weighted by Gasteiger charge is -2.05. The summed E-state index contributed by atoms with van der Waals surface area (Å²) >= 11 is 0. The van der Waals surface area contributed by atoms with E-state index in [1.165, 1.54) is 0 Å². The second-order valence-electron chi connectivity index (χ2n) is 1.95. The molecular weight excluding hydrogens is 156 g/mol. The first-order valence-electron chi connectivity index (χ1n) is 2.98. The molecule has 0 heterocycles. The van der Waals surface area contributed by atoms with Crippen LogP contribution >= 0.6 is 0 Å². The molecule has 0 spiro atoms. The van der Waals surface area contributed by atoms with Crippen LogP contribution < -0.4 is 0 Å². The summed E-state index contributed by atoms with van der Waals surface area (Å²) in [6.07, 6.45) is 0.543. The van der Waals surface area contributed by atoms with Gasteiger partial charge in [-0.2, -0.15) is 8.42 Å². The van der Waals surface area contributed by atoms with Crippen LogP contribution in [-0.2, 0) is 10.1 Å². The van der Waals surface area contributed by atoms with Gasteiger partial charge in [0.1, 0.15) is 0 Å². The molecule has 56 valence electrons. The highest BCUT2D eigenvalue weighted by molar-refractivity contribution is 7.87. The van der Waals surface area contributed by atoms with Gasteiger partial charge in [0.15, 0.2) is 0 Å². The molecule has 0 radical (unpaired) electrons. The Labute approximate surface area is 58.0 Å². The lowest BCUT2D eigenvalue weighted by Crippen LogP contribution is -2.24. The third kappa shape index (κ3) is 2.97. The van der Waals surface area contributed by atoms with Gasteiger partial charge in [0.2, 0.25) is 0 Å². The molecular formula is C4H12O3SSi. The van der Waals surface area contributed by atoms with E-state index in [0.717, 1.165) is 0 Å². The Balaban J connectivity index is 4.14. The summed E-state index contributed by atoms with van der Waals surface area (Å²) in [5, 5.41) is 0. The lowest BCUT2D eigenvalue weighted by molar-refractivity contribution is 0.477. The topological polar surface area (TPSA) is 54.4 Å². The molecule has 3 nitrogen and oxygen atoms in total. The van der Waals surface area contributed by atoms with E-state index >= 15 is 0 Å². The first-order chi connectivity index (χ1) is 4.02. The maximum Gasteiger partial charge on any atom is 0.264 e. The summed E-state index contributed by atoms with van der Waals surface area (Å²) in [4.78, 5) is -0.433. The smallest absolute Gasteiger partial charge is 0.264 e. The molecule has 0 bridgehead atoms. The zero-order valence-electron chi connectivity index (χ0n) is 5.66. The zero-order chi connectivity index (χ0) is 7.49.